The Bertz CT molecular complexity index is 593. The number of aromatic nitrogens is 1. The zero-order valence-corrected chi connectivity index (χ0v) is 12.2. The summed E-state index contributed by atoms with van der Waals surface area (Å²) in [5.74, 6) is -0.0771. The van der Waals surface area contributed by atoms with Crippen molar-refractivity contribution in [3.8, 4) is 5.75 Å². The van der Waals surface area contributed by atoms with Gasteiger partial charge in [0.1, 0.15) is 0 Å². The van der Waals surface area contributed by atoms with Gasteiger partial charge in [-0.15, -0.1) is 0 Å². The fraction of sp³-hybridized carbons (Fsp3) is 0.312. The lowest BCUT2D eigenvalue weighted by atomic mass is 9.97. The largest absolute Gasteiger partial charge is 0.494 e. The molecule has 1 N–H and O–H groups in total. The van der Waals surface area contributed by atoms with Crippen molar-refractivity contribution in [3.63, 3.8) is 0 Å². The lowest BCUT2D eigenvalue weighted by Gasteiger charge is -2.19. The Morgan fingerprint density at radius 1 is 1.20 bits per heavy atom. The average Bonchev–Trinajstić information content (AvgIpc) is 2.40. The number of nitrogens with one attached hydrogen (secondary N) is 1. The molecule has 0 radical (unpaired) electrons. The highest BCUT2D eigenvalue weighted by molar-refractivity contribution is 5.39. The minimum absolute atomic E-state index is 0.231. The van der Waals surface area contributed by atoms with Crippen LogP contribution < -0.4 is 10.1 Å². The number of aryl methyl sites for hydroxylation is 2. The quantitative estimate of drug-likeness (QED) is 0.930. The SMILES string of the molecule is CNC(c1cc(C)nc(C)c1)c1cccc(OC)c1F. The van der Waals surface area contributed by atoms with Crippen molar-refractivity contribution in [2.24, 2.45) is 0 Å². The molecular weight excluding hydrogens is 255 g/mol. The van der Waals surface area contributed by atoms with Crippen LogP contribution in [0.4, 0.5) is 4.39 Å². The van der Waals surface area contributed by atoms with Gasteiger partial charge < -0.3 is 10.1 Å². The van der Waals surface area contributed by atoms with Gasteiger partial charge in [-0.25, -0.2) is 4.39 Å². The Labute approximate surface area is 118 Å². The minimum Gasteiger partial charge on any atom is -0.494 e. The van der Waals surface area contributed by atoms with Crippen LogP contribution in [0.15, 0.2) is 30.3 Å². The molecule has 0 spiro atoms. The summed E-state index contributed by atoms with van der Waals surface area (Å²) in [4.78, 5) is 4.35. The maximum atomic E-state index is 14.4. The number of methoxy groups -OCH3 is 1. The van der Waals surface area contributed by atoms with Crippen molar-refractivity contribution in [1.82, 2.24) is 10.3 Å². The van der Waals surface area contributed by atoms with E-state index in [1.54, 1.807) is 18.2 Å². The Balaban J connectivity index is 2.52. The van der Waals surface area contributed by atoms with Gasteiger partial charge in [0.15, 0.2) is 11.6 Å². The zero-order valence-electron chi connectivity index (χ0n) is 12.2. The van der Waals surface area contributed by atoms with Gasteiger partial charge in [0, 0.05) is 17.0 Å². The van der Waals surface area contributed by atoms with Crippen LogP contribution in [0.5, 0.6) is 5.75 Å². The number of pyridine rings is 1. The van der Waals surface area contributed by atoms with E-state index in [-0.39, 0.29) is 17.6 Å². The number of ether oxygens (including phenoxy) is 1. The second-order valence-electron chi connectivity index (χ2n) is 4.77. The van der Waals surface area contributed by atoms with Crippen LogP contribution in [0.2, 0.25) is 0 Å². The zero-order chi connectivity index (χ0) is 14.7. The Kier molecular flexibility index (Phi) is 4.35. The van der Waals surface area contributed by atoms with Gasteiger partial charge >= 0.3 is 0 Å². The number of nitrogens with zero attached hydrogens (tertiary/aromatic N) is 1. The standard InChI is InChI=1S/C16H19FN2O/c1-10-8-12(9-11(2)19-10)16(18-3)13-6-5-7-14(20-4)15(13)17/h5-9,16,18H,1-4H3. The first-order valence-corrected chi connectivity index (χ1v) is 6.51. The number of hydrogen-bond acceptors (Lipinski definition) is 3. The molecule has 2 aromatic rings. The molecule has 106 valence electrons. The summed E-state index contributed by atoms with van der Waals surface area (Å²) in [6.45, 7) is 3.87. The molecule has 1 heterocycles. The van der Waals surface area contributed by atoms with E-state index in [9.17, 15) is 4.39 Å². The maximum absolute atomic E-state index is 14.4. The van der Waals surface area contributed by atoms with E-state index in [0.717, 1.165) is 17.0 Å². The normalized spacial score (nSPS) is 12.2. The lowest BCUT2D eigenvalue weighted by Crippen LogP contribution is -2.19. The molecular formula is C16H19FN2O. The van der Waals surface area contributed by atoms with Gasteiger partial charge in [-0.05, 0) is 44.7 Å². The minimum atomic E-state index is -0.332. The van der Waals surface area contributed by atoms with E-state index in [1.807, 2.05) is 33.0 Å². The summed E-state index contributed by atoms with van der Waals surface area (Å²) in [5, 5.41) is 3.16. The molecule has 3 nitrogen and oxygen atoms in total. The summed E-state index contributed by atoms with van der Waals surface area (Å²) >= 11 is 0. The van der Waals surface area contributed by atoms with E-state index in [0.29, 0.717) is 5.56 Å². The Morgan fingerprint density at radius 3 is 2.40 bits per heavy atom. The van der Waals surface area contributed by atoms with Crippen LogP contribution in [-0.4, -0.2) is 19.1 Å². The van der Waals surface area contributed by atoms with E-state index in [4.69, 9.17) is 4.74 Å². The van der Waals surface area contributed by atoms with Crippen LogP contribution in [0.3, 0.4) is 0 Å². The molecule has 0 amide bonds. The molecule has 0 aliphatic heterocycles. The molecule has 0 fully saturated rings. The van der Waals surface area contributed by atoms with E-state index < -0.39 is 0 Å². The van der Waals surface area contributed by atoms with Crippen LogP contribution in [0.25, 0.3) is 0 Å². The van der Waals surface area contributed by atoms with Gasteiger partial charge in [-0.1, -0.05) is 12.1 Å². The third kappa shape index (κ3) is 2.80. The predicted molar refractivity (Wildman–Crippen MR) is 77.6 cm³/mol. The molecule has 20 heavy (non-hydrogen) atoms. The van der Waals surface area contributed by atoms with Crippen LogP contribution in [-0.2, 0) is 0 Å². The molecule has 1 atom stereocenters. The fourth-order valence-corrected chi connectivity index (χ4v) is 2.44. The van der Waals surface area contributed by atoms with Crippen LogP contribution in [0.1, 0.15) is 28.6 Å². The summed E-state index contributed by atoms with van der Waals surface area (Å²) in [6, 6.07) is 8.88. The molecule has 0 saturated carbocycles. The van der Waals surface area contributed by atoms with E-state index in [1.165, 1.54) is 7.11 Å². The Hall–Kier alpha value is -1.94. The van der Waals surface area contributed by atoms with Crippen molar-refractivity contribution in [3.05, 3.63) is 58.7 Å². The second-order valence-corrected chi connectivity index (χ2v) is 4.77. The highest BCUT2D eigenvalue weighted by Crippen LogP contribution is 2.29. The van der Waals surface area contributed by atoms with Crippen molar-refractivity contribution in [2.75, 3.05) is 14.2 Å². The van der Waals surface area contributed by atoms with Crippen molar-refractivity contribution in [2.45, 2.75) is 19.9 Å². The van der Waals surface area contributed by atoms with Gasteiger partial charge in [-0.2, -0.15) is 0 Å². The molecule has 1 aromatic carbocycles. The van der Waals surface area contributed by atoms with Crippen molar-refractivity contribution in [1.29, 1.82) is 0 Å². The topological polar surface area (TPSA) is 34.2 Å². The van der Waals surface area contributed by atoms with E-state index in [2.05, 4.69) is 10.3 Å². The molecule has 2 rings (SSSR count). The summed E-state index contributed by atoms with van der Waals surface area (Å²) in [6.07, 6.45) is 0. The lowest BCUT2D eigenvalue weighted by molar-refractivity contribution is 0.382. The average molecular weight is 274 g/mol. The highest BCUT2D eigenvalue weighted by atomic mass is 19.1. The second kappa shape index (κ2) is 6.01. The summed E-state index contributed by atoms with van der Waals surface area (Å²) in [7, 11) is 3.28. The van der Waals surface area contributed by atoms with Gasteiger partial charge in [0.05, 0.1) is 13.2 Å². The molecule has 0 aliphatic rings. The predicted octanol–water partition coefficient (Wildman–Crippen LogP) is 3.15. The number of rotatable bonds is 4. The number of halogens is 1. The van der Waals surface area contributed by atoms with Crippen molar-refractivity contribution < 1.29 is 9.13 Å². The van der Waals surface area contributed by atoms with Crippen molar-refractivity contribution >= 4 is 0 Å². The molecule has 1 unspecified atom stereocenters. The first kappa shape index (κ1) is 14.5. The third-order valence-electron chi connectivity index (χ3n) is 3.25. The maximum Gasteiger partial charge on any atom is 0.170 e. The fourth-order valence-electron chi connectivity index (χ4n) is 2.44. The smallest absolute Gasteiger partial charge is 0.170 e. The number of hydrogen-bond donors (Lipinski definition) is 1. The number of benzene rings is 1. The first-order valence-electron chi connectivity index (χ1n) is 6.51. The molecule has 0 aliphatic carbocycles. The van der Waals surface area contributed by atoms with Crippen LogP contribution >= 0.6 is 0 Å². The van der Waals surface area contributed by atoms with Crippen LogP contribution in [0, 0.1) is 19.7 Å². The van der Waals surface area contributed by atoms with Gasteiger partial charge in [0.25, 0.3) is 0 Å². The first-order chi connectivity index (χ1) is 9.56. The summed E-state index contributed by atoms with van der Waals surface area (Å²) in [5.41, 5.74) is 3.40. The Morgan fingerprint density at radius 2 is 1.85 bits per heavy atom. The molecule has 0 saturated heterocycles. The molecule has 4 heteroatoms. The highest BCUT2D eigenvalue weighted by Gasteiger charge is 2.19. The summed E-state index contributed by atoms with van der Waals surface area (Å²) < 4.78 is 19.5. The van der Waals surface area contributed by atoms with Gasteiger partial charge in [0.2, 0.25) is 0 Å². The van der Waals surface area contributed by atoms with E-state index >= 15 is 0 Å². The molecule has 0 bridgehead atoms. The monoisotopic (exact) mass is 274 g/mol. The molecule has 1 aromatic heterocycles. The third-order valence-corrected chi connectivity index (χ3v) is 3.25. The van der Waals surface area contributed by atoms with Gasteiger partial charge in [-0.3, -0.25) is 4.98 Å².